The Morgan fingerprint density at radius 3 is 2.15 bits per heavy atom. The van der Waals surface area contributed by atoms with Gasteiger partial charge in [0.15, 0.2) is 0 Å². The van der Waals surface area contributed by atoms with Gasteiger partial charge in [0, 0.05) is 5.56 Å². The maximum absolute atomic E-state index is 16.2. The Kier molecular flexibility index (Phi) is 12.8. The minimum absolute atomic E-state index is 0.0200. The van der Waals surface area contributed by atoms with Crippen molar-refractivity contribution in [3.8, 4) is 17.6 Å². The average molecular weight is 884 g/mol. The van der Waals surface area contributed by atoms with Gasteiger partial charge in [-0.2, -0.15) is 0 Å². The van der Waals surface area contributed by atoms with Crippen LogP contribution in [0.4, 0.5) is 10.5 Å². The van der Waals surface area contributed by atoms with E-state index in [2.05, 4.69) is 17.2 Å². The van der Waals surface area contributed by atoms with Crippen LogP contribution in [0, 0.1) is 23.7 Å². The molecule has 4 aromatic carbocycles. The third-order valence-electron chi connectivity index (χ3n) is 13.2. The number of benzene rings is 4. The van der Waals surface area contributed by atoms with Crippen molar-refractivity contribution in [3.05, 3.63) is 131 Å². The lowest BCUT2D eigenvalue weighted by Crippen LogP contribution is -2.56. The lowest BCUT2D eigenvalue weighted by molar-refractivity contribution is -0.179. The molecule has 0 radical (unpaired) electrons. The average Bonchev–Trinajstić information content (AvgIpc) is 3.65. The van der Waals surface area contributed by atoms with Crippen LogP contribution >= 0.6 is 0 Å². The first-order valence-corrected chi connectivity index (χ1v) is 22.1. The number of carbonyl (C=O) groups excluding carboxylic acids is 4. The number of morpholine rings is 1. The van der Waals surface area contributed by atoms with Gasteiger partial charge in [-0.1, -0.05) is 111 Å². The van der Waals surface area contributed by atoms with E-state index in [1.54, 1.807) is 55.1 Å². The van der Waals surface area contributed by atoms with Crippen molar-refractivity contribution < 1.29 is 53.5 Å². The second-order valence-corrected chi connectivity index (χ2v) is 17.5. The van der Waals surface area contributed by atoms with E-state index in [1.165, 1.54) is 13.2 Å². The number of aliphatic hydroxyl groups is 2. The van der Waals surface area contributed by atoms with E-state index < -0.39 is 83.0 Å². The molecule has 4 aliphatic rings. The molecule has 14 nitrogen and oxygen atoms in total. The number of hydrogen-bond acceptors (Lipinski definition) is 11. The molecule has 3 heterocycles. The van der Waals surface area contributed by atoms with E-state index in [0.29, 0.717) is 40.8 Å². The number of aliphatic carboxylic acids is 1. The maximum Gasteiger partial charge on any atom is 0.329 e. The number of carbonyl (C=O) groups is 5. The summed E-state index contributed by atoms with van der Waals surface area (Å²) in [6.07, 6.45) is 3.47. The molecule has 4 N–H and O–H groups in total. The summed E-state index contributed by atoms with van der Waals surface area (Å²) in [5, 5.41) is 35.7. The van der Waals surface area contributed by atoms with Crippen molar-refractivity contribution in [2.75, 3.05) is 25.2 Å². The second kappa shape index (κ2) is 18.5. The zero-order valence-corrected chi connectivity index (χ0v) is 36.5. The fourth-order valence-electron chi connectivity index (χ4n) is 10.4. The van der Waals surface area contributed by atoms with Crippen molar-refractivity contribution in [1.29, 1.82) is 0 Å². The molecule has 1 saturated carbocycles. The highest BCUT2D eigenvalue weighted by molar-refractivity contribution is 6.24. The van der Waals surface area contributed by atoms with Crippen LogP contribution in [0.1, 0.15) is 98.4 Å². The molecule has 8 rings (SSSR count). The van der Waals surface area contributed by atoms with Crippen molar-refractivity contribution in [3.63, 3.8) is 0 Å². The zero-order valence-electron chi connectivity index (χ0n) is 36.5. The third-order valence-corrected chi connectivity index (χ3v) is 13.2. The van der Waals surface area contributed by atoms with Crippen molar-refractivity contribution in [1.82, 2.24) is 10.2 Å². The van der Waals surface area contributed by atoms with Gasteiger partial charge in [-0.05, 0) is 84.2 Å². The first-order chi connectivity index (χ1) is 31.3. The summed E-state index contributed by atoms with van der Waals surface area (Å²) in [5.41, 5.74) is -1.44. The summed E-state index contributed by atoms with van der Waals surface area (Å²) >= 11 is 0. The molecule has 3 aliphatic heterocycles. The monoisotopic (exact) mass is 883 g/mol. The normalized spacial score (nSPS) is 25.1. The van der Waals surface area contributed by atoms with Crippen LogP contribution < -0.4 is 15.0 Å². The molecular formula is C51H53N3O11. The van der Waals surface area contributed by atoms with Crippen LogP contribution in [0.15, 0.2) is 103 Å². The number of urea groups is 1. The topological polar surface area (TPSA) is 192 Å². The summed E-state index contributed by atoms with van der Waals surface area (Å²) in [6.45, 7) is 3.03. The van der Waals surface area contributed by atoms with E-state index in [9.17, 15) is 34.5 Å². The Morgan fingerprint density at radius 2 is 1.52 bits per heavy atom. The largest absolute Gasteiger partial charge is 0.491 e. The van der Waals surface area contributed by atoms with Crippen molar-refractivity contribution in [2.45, 2.75) is 93.7 Å². The van der Waals surface area contributed by atoms with Gasteiger partial charge in [0.05, 0.1) is 31.5 Å². The summed E-state index contributed by atoms with van der Waals surface area (Å²) in [5.74, 6) is 0.0283. The van der Waals surface area contributed by atoms with E-state index in [-0.39, 0.29) is 24.5 Å². The minimum atomic E-state index is -2.27. The summed E-state index contributed by atoms with van der Waals surface area (Å²) in [7, 11) is 1.18. The molecule has 338 valence electrons. The fourth-order valence-corrected chi connectivity index (χ4v) is 10.4. The van der Waals surface area contributed by atoms with Gasteiger partial charge in [0.25, 0.3) is 0 Å². The molecule has 2 saturated heterocycles. The molecule has 1 aliphatic carbocycles. The Labute approximate surface area is 377 Å². The number of nitrogens with one attached hydrogen (secondary N) is 1. The third kappa shape index (κ3) is 8.13. The predicted octanol–water partition coefficient (Wildman–Crippen LogP) is 6.15. The fraction of sp³-hybridized carbons (Fsp3) is 0.392. The molecule has 7 unspecified atom stereocenters. The molecule has 0 bridgehead atoms. The number of hydrogen-bond donors (Lipinski definition) is 4. The Morgan fingerprint density at radius 1 is 0.862 bits per heavy atom. The Balaban J connectivity index is 1.43. The van der Waals surface area contributed by atoms with E-state index >= 15 is 4.79 Å². The number of esters is 2. The number of aliphatic hydroxyl groups excluding tert-OH is 1. The quantitative estimate of drug-likeness (QED) is 0.0808. The number of carboxylic acid groups (broad SMARTS) is 1. The van der Waals surface area contributed by atoms with Crippen LogP contribution in [0.3, 0.4) is 0 Å². The van der Waals surface area contributed by atoms with Crippen molar-refractivity contribution in [2.24, 2.45) is 11.8 Å². The second-order valence-electron chi connectivity index (χ2n) is 17.5. The molecule has 7 atom stereocenters. The minimum Gasteiger partial charge on any atom is -0.491 e. The van der Waals surface area contributed by atoms with Gasteiger partial charge in [-0.15, -0.1) is 0 Å². The van der Waals surface area contributed by atoms with Crippen molar-refractivity contribution >= 4 is 35.5 Å². The van der Waals surface area contributed by atoms with Gasteiger partial charge in [0.1, 0.15) is 47.5 Å². The number of methoxy groups -OCH3 is 1. The molecule has 3 fully saturated rings. The van der Waals surface area contributed by atoms with E-state index in [4.69, 9.17) is 14.2 Å². The predicted molar refractivity (Wildman–Crippen MR) is 237 cm³/mol. The van der Waals surface area contributed by atoms with Crippen LogP contribution in [-0.4, -0.2) is 88.1 Å². The smallest absolute Gasteiger partial charge is 0.329 e. The van der Waals surface area contributed by atoms with E-state index in [1.807, 2.05) is 60.7 Å². The van der Waals surface area contributed by atoms with Crippen LogP contribution in [0.5, 0.6) is 5.75 Å². The highest BCUT2D eigenvalue weighted by Gasteiger charge is 2.76. The SMILES string of the molecule is COC(=O)C(NC(=O)N1C(=O)C2(c3cc(C#CC4(O)CCCCCC4)ccc31)C(C(=O)O)C1C(=O)OC(c3ccccc3)C(c3ccccc3)N1C2c1cccc(OCCO)c1)C(C)C. The highest BCUT2D eigenvalue weighted by atomic mass is 16.6. The number of anilines is 1. The van der Waals surface area contributed by atoms with Gasteiger partial charge in [-0.25, -0.2) is 14.5 Å². The number of nitrogens with zero attached hydrogens (tertiary/aromatic N) is 2. The number of cyclic esters (lactones) is 1. The van der Waals surface area contributed by atoms with Crippen LogP contribution in [-0.2, 0) is 34.1 Å². The van der Waals surface area contributed by atoms with Gasteiger partial charge in [-0.3, -0.25) is 19.3 Å². The number of rotatable bonds is 10. The number of amides is 3. The number of carboxylic acids is 1. The molecule has 0 aromatic heterocycles. The number of fused-ring (bicyclic) bond motifs is 3. The molecule has 4 aromatic rings. The van der Waals surface area contributed by atoms with Gasteiger partial charge in [0.2, 0.25) is 5.91 Å². The first-order valence-electron chi connectivity index (χ1n) is 22.1. The molecular weight excluding hydrogens is 831 g/mol. The highest BCUT2D eigenvalue weighted by Crippen LogP contribution is 2.66. The number of ether oxygens (including phenoxy) is 3. The molecule has 65 heavy (non-hydrogen) atoms. The lowest BCUT2D eigenvalue weighted by atomic mass is 9.65. The summed E-state index contributed by atoms with van der Waals surface area (Å²) < 4.78 is 17.3. The first kappa shape index (κ1) is 45.1. The number of imide groups is 1. The lowest BCUT2D eigenvalue weighted by Gasteiger charge is -2.46. The van der Waals surface area contributed by atoms with Crippen LogP contribution in [0.25, 0.3) is 0 Å². The Bertz CT molecular complexity index is 2510. The summed E-state index contributed by atoms with van der Waals surface area (Å²) in [4.78, 5) is 76.0. The van der Waals surface area contributed by atoms with Gasteiger partial charge >= 0.3 is 23.9 Å². The maximum atomic E-state index is 16.2. The standard InChI is InChI=1S/C51H53N3O11/c1-31(2)40(46(58)63-3)52-49(61)53-38-22-21-32(23-26-50(62)24-12-4-5-13-25-50)29-37(38)51(48(53)60)39(45(56)57)42-47(59)65-43(34-17-10-7-11-18-34)41(33-15-8-6-9-16-33)54(42)44(51)35-19-14-20-36(30-35)64-28-27-55/h6-11,14-22,29-31,39-44,55,62H,4-5,12-13,24-25,27-28H2,1-3H3,(H,52,61)(H,56,57). The zero-order chi connectivity index (χ0) is 46.0. The molecule has 3 amide bonds. The Hall–Kier alpha value is -6.53. The molecule has 14 heteroatoms. The summed E-state index contributed by atoms with van der Waals surface area (Å²) in [6, 6.07) is 23.6. The van der Waals surface area contributed by atoms with E-state index in [0.717, 1.165) is 30.6 Å². The molecule has 1 spiro atoms. The van der Waals surface area contributed by atoms with Crippen LogP contribution in [0.2, 0.25) is 0 Å². The van der Waals surface area contributed by atoms with Gasteiger partial charge < -0.3 is 34.8 Å².